The number of aliphatic hydroxyl groups excluding tert-OH is 1. The summed E-state index contributed by atoms with van der Waals surface area (Å²) in [7, 11) is 1.73. The van der Waals surface area contributed by atoms with Gasteiger partial charge < -0.3 is 30.8 Å². The highest BCUT2D eigenvalue weighted by molar-refractivity contribution is 6.09. The molecule has 1 aliphatic rings. The predicted molar refractivity (Wildman–Crippen MR) is 148 cm³/mol. The van der Waals surface area contributed by atoms with Crippen LogP contribution in [0.2, 0.25) is 0 Å². The second-order valence-corrected chi connectivity index (χ2v) is 9.13. The summed E-state index contributed by atoms with van der Waals surface area (Å²) in [5.74, 6) is 1.95. The van der Waals surface area contributed by atoms with E-state index in [1.165, 1.54) is 18.4 Å². The fourth-order valence-corrected chi connectivity index (χ4v) is 4.40. The monoisotopic (exact) mass is 490 g/mol. The molecule has 2 aromatic heterocycles. The molecule has 0 amide bonds. The molecular formula is C28H38N6O2. The molecule has 1 fully saturated rings. The zero-order valence-electron chi connectivity index (χ0n) is 21.6. The summed E-state index contributed by atoms with van der Waals surface area (Å²) in [5.41, 5.74) is 11.5. The van der Waals surface area contributed by atoms with Crippen molar-refractivity contribution in [1.29, 1.82) is 0 Å². The lowest BCUT2D eigenvalue weighted by Gasteiger charge is -2.15. The van der Waals surface area contributed by atoms with Crippen molar-refractivity contribution in [1.82, 2.24) is 19.9 Å². The number of unbranched alkanes of at least 4 members (excludes halogenated alkanes) is 1. The Morgan fingerprint density at radius 2 is 1.92 bits per heavy atom. The van der Waals surface area contributed by atoms with Crippen LogP contribution in [0.3, 0.4) is 0 Å². The Balaban J connectivity index is 0.000000967. The first kappa shape index (κ1) is 25.7. The Hall–Kier alpha value is -3.36. The first-order valence-corrected chi connectivity index (χ1v) is 12.9. The van der Waals surface area contributed by atoms with Crippen LogP contribution in [0.1, 0.15) is 50.7 Å². The van der Waals surface area contributed by atoms with Gasteiger partial charge in [-0.2, -0.15) is 4.98 Å². The summed E-state index contributed by atoms with van der Waals surface area (Å²) in [6.07, 6.45) is 4.73. The zero-order chi connectivity index (χ0) is 25.5. The first-order valence-electron chi connectivity index (χ1n) is 12.9. The topological polar surface area (TPSA) is 110 Å². The molecule has 0 radical (unpaired) electrons. The van der Waals surface area contributed by atoms with Gasteiger partial charge in [0.1, 0.15) is 16.8 Å². The SMILES string of the molecule is CCCCNc1nc(N)nc2c3ccccc3n(Cc3cc(CNC4CC4)ccc3OC)c12.CCO. The third-order valence-corrected chi connectivity index (χ3v) is 6.29. The molecule has 4 aromatic rings. The summed E-state index contributed by atoms with van der Waals surface area (Å²) in [4.78, 5) is 9.22. The molecular weight excluding hydrogens is 452 g/mol. The maximum absolute atomic E-state index is 7.57. The van der Waals surface area contributed by atoms with E-state index in [9.17, 15) is 0 Å². The minimum Gasteiger partial charge on any atom is -0.496 e. The second-order valence-electron chi connectivity index (χ2n) is 9.13. The van der Waals surface area contributed by atoms with E-state index in [2.05, 4.69) is 68.5 Å². The molecule has 0 unspecified atom stereocenters. The molecule has 2 aromatic carbocycles. The average Bonchev–Trinajstić information content (AvgIpc) is 3.66. The molecule has 192 valence electrons. The number of fused-ring (bicyclic) bond motifs is 3. The van der Waals surface area contributed by atoms with E-state index in [0.29, 0.717) is 12.6 Å². The molecule has 8 heteroatoms. The molecule has 2 heterocycles. The molecule has 5 N–H and O–H groups in total. The number of benzene rings is 2. The molecule has 0 aliphatic heterocycles. The number of rotatable bonds is 10. The number of nitrogen functional groups attached to an aromatic ring is 1. The van der Waals surface area contributed by atoms with Crippen LogP contribution < -0.4 is 21.1 Å². The summed E-state index contributed by atoms with van der Waals surface area (Å²) in [6, 6.07) is 15.5. The number of hydrogen-bond donors (Lipinski definition) is 4. The fourth-order valence-electron chi connectivity index (χ4n) is 4.40. The third kappa shape index (κ3) is 5.88. The molecule has 1 aliphatic carbocycles. The molecule has 0 bridgehead atoms. The van der Waals surface area contributed by atoms with E-state index in [0.717, 1.165) is 65.0 Å². The van der Waals surface area contributed by atoms with Crippen LogP contribution in [0.25, 0.3) is 21.9 Å². The quantitative estimate of drug-likeness (QED) is 0.239. The van der Waals surface area contributed by atoms with E-state index in [4.69, 9.17) is 15.6 Å². The van der Waals surface area contributed by atoms with E-state index in [1.807, 2.05) is 6.07 Å². The van der Waals surface area contributed by atoms with Gasteiger partial charge in [-0.25, -0.2) is 4.98 Å². The van der Waals surface area contributed by atoms with Gasteiger partial charge in [-0.3, -0.25) is 0 Å². The number of anilines is 2. The van der Waals surface area contributed by atoms with Crippen LogP contribution >= 0.6 is 0 Å². The number of aromatic nitrogens is 3. The van der Waals surface area contributed by atoms with Crippen LogP contribution in [0.4, 0.5) is 11.8 Å². The number of methoxy groups -OCH3 is 1. The number of nitrogens with one attached hydrogen (secondary N) is 2. The predicted octanol–water partition coefficient (Wildman–Crippen LogP) is 4.69. The smallest absolute Gasteiger partial charge is 0.222 e. The Labute approximate surface area is 212 Å². The van der Waals surface area contributed by atoms with Gasteiger partial charge in [0.25, 0.3) is 0 Å². The van der Waals surface area contributed by atoms with Crippen molar-refractivity contribution in [2.75, 3.05) is 31.3 Å². The fraction of sp³-hybridized carbons (Fsp3) is 0.429. The standard InChI is InChI=1S/C26H32N6O.C2H6O/c1-3-4-13-28-25-24-23(30-26(27)31-25)20-7-5-6-8-21(20)32(24)16-18-14-17(9-12-22(18)33-2)15-29-19-10-11-19;1-2-3/h5-9,12,14,19,29H,3-4,10-11,13,15-16H2,1-2H3,(H3,27,28,30,31);3H,2H2,1H3. The van der Waals surface area contributed by atoms with Gasteiger partial charge in [0.15, 0.2) is 5.82 Å². The van der Waals surface area contributed by atoms with Crippen LogP contribution in [0.5, 0.6) is 5.75 Å². The lowest BCUT2D eigenvalue weighted by molar-refractivity contribution is 0.318. The highest BCUT2D eigenvalue weighted by Gasteiger charge is 2.21. The summed E-state index contributed by atoms with van der Waals surface area (Å²) in [5, 5.41) is 15.8. The lowest BCUT2D eigenvalue weighted by atomic mass is 10.1. The van der Waals surface area contributed by atoms with Gasteiger partial charge in [0.05, 0.1) is 19.2 Å². The zero-order valence-corrected chi connectivity index (χ0v) is 21.6. The summed E-state index contributed by atoms with van der Waals surface area (Å²) >= 11 is 0. The molecule has 8 nitrogen and oxygen atoms in total. The molecule has 0 spiro atoms. The number of hydrogen-bond acceptors (Lipinski definition) is 7. The highest BCUT2D eigenvalue weighted by atomic mass is 16.5. The van der Waals surface area contributed by atoms with Crippen molar-refractivity contribution in [3.05, 3.63) is 53.6 Å². The largest absolute Gasteiger partial charge is 0.496 e. The molecule has 36 heavy (non-hydrogen) atoms. The summed E-state index contributed by atoms with van der Waals surface area (Å²) in [6.45, 7) is 6.48. The van der Waals surface area contributed by atoms with Crippen molar-refractivity contribution in [3.63, 3.8) is 0 Å². The highest BCUT2D eigenvalue weighted by Crippen LogP contribution is 2.34. The number of nitrogens with zero attached hydrogens (tertiary/aromatic N) is 3. The Morgan fingerprint density at radius 3 is 2.64 bits per heavy atom. The Bertz CT molecular complexity index is 1300. The second kappa shape index (κ2) is 12.1. The van der Waals surface area contributed by atoms with E-state index >= 15 is 0 Å². The van der Waals surface area contributed by atoms with Crippen LogP contribution in [-0.4, -0.2) is 45.9 Å². The van der Waals surface area contributed by atoms with E-state index < -0.39 is 0 Å². The van der Waals surface area contributed by atoms with Crippen molar-refractivity contribution in [2.24, 2.45) is 0 Å². The first-order chi connectivity index (χ1) is 17.6. The molecule has 0 saturated heterocycles. The van der Waals surface area contributed by atoms with Crippen molar-refractivity contribution in [3.8, 4) is 5.75 Å². The minimum atomic E-state index is 0.250. The van der Waals surface area contributed by atoms with Crippen LogP contribution in [0.15, 0.2) is 42.5 Å². The maximum atomic E-state index is 7.57. The van der Waals surface area contributed by atoms with E-state index in [-0.39, 0.29) is 12.6 Å². The normalized spacial score (nSPS) is 13.0. The van der Waals surface area contributed by atoms with Crippen molar-refractivity contribution in [2.45, 2.75) is 58.7 Å². The van der Waals surface area contributed by atoms with Gasteiger partial charge in [0.2, 0.25) is 5.95 Å². The number of aliphatic hydroxyl groups is 1. The Morgan fingerprint density at radius 1 is 1.14 bits per heavy atom. The van der Waals surface area contributed by atoms with Gasteiger partial charge in [0, 0.05) is 36.7 Å². The summed E-state index contributed by atoms with van der Waals surface area (Å²) < 4.78 is 8.03. The van der Waals surface area contributed by atoms with Crippen LogP contribution in [-0.2, 0) is 13.1 Å². The van der Waals surface area contributed by atoms with Gasteiger partial charge in [-0.05, 0) is 49.9 Å². The Kier molecular flexibility index (Phi) is 8.61. The van der Waals surface area contributed by atoms with Gasteiger partial charge in [-0.15, -0.1) is 0 Å². The molecule has 5 rings (SSSR count). The maximum Gasteiger partial charge on any atom is 0.222 e. The van der Waals surface area contributed by atoms with Crippen molar-refractivity contribution < 1.29 is 9.84 Å². The van der Waals surface area contributed by atoms with Gasteiger partial charge >= 0.3 is 0 Å². The lowest BCUT2D eigenvalue weighted by Crippen LogP contribution is -2.15. The third-order valence-electron chi connectivity index (χ3n) is 6.29. The minimum absolute atomic E-state index is 0.250. The number of ether oxygens (including phenoxy) is 1. The number of nitrogens with two attached hydrogens (primary N) is 1. The van der Waals surface area contributed by atoms with Crippen LogP contribution in [0, 0.1) is 0 Å². The van der Waals surface area contributed by atoms with E-state index in [1.54, 1.807) is 14.0 Å². The van der Waals surface area contributed by atoms with Crippen molar-refractivity contribution >= 4 is 33.7 Å². The molecule has 0 atom stereocenters. The average molecular weight is 491 g/mol. The van der Waals surface area contributed by atoms with Gasteiger partial charge in [-0.1, -0.05) is 37.6 Å². The number of para-hydroxylation sites is 1. The molecule has 1 saturated carbocycles.